The Morgan fingerprint density at radius 3 is 3.06 bits per heavy atom. The number of nitrogens with two attached hydrogens (primary N) is 1. The van der Waals surface area contributed by atoms with Crippen LogP contribution in [0.2, 0.25) is 0 Å². The molecular formula is C14H19N3. The van der Waals surface area contributed by atoms with Gasteiger partial charge in [-0.1, -0.05) is 25.1 Å². The van der Waals surface area contributed by atoms with E-state index in [9.17, 15) is 0 Å². The first-order valence-corrected chi connectivity index (χ1v) is 6.18. The largest absolute Gasteiger partial charge is 0.371 e. The standard InChI is InChI=1S/C14H19N3/c1-11-8-12-4-2-3-5-14(12)17(10-11)7-6-13(16)9-15/h2-5,11,13H,6-8,10,16H2,1H3. The van der Waals surface area contributed by atoms with Crippen LogP contribution in [0.25, 0.3) is 0 Å². The summed E-state index contributed by atoms with van der Waals surface area (Å²) in [5.41, 5.74) is 8.39. The molecule has 1 aromatic rings. The van der Waals surface area contributed by atoms with Crippen LogP contribution in [0.1, 0.15) is 18.9 Å². The number of nitrogens with zero attached hydrogens (tertiary/aromatic N) is 2. The third-order valence-electron chi connectivity index (χ3n) is 3.31. The molecule has 1 aromatic carbocycles. The molecule has 0 radical (unpaired) electrons. The van der Waals surface area contributed by atoms with Gasteiger partial charge in [-0.15, -0.1) is 0 Å². The van der Waals surface area contributed by atoms with Crippen molar-refractivity contribution >= 4 is 5.69 Å². The van der Waals surface area contributed by atoms with E-state index in [1.54, 1.807) is 0 Å². The van der Waals surface area contributed by atoms with Gasteiger partial charge in [0, 0.05) is 18.8 Å². The quantitative estimate of drug-likeness (QED) is 0.861. The summed E-state index contributed by atoms with van der Waals surface area (Å²) >= 11 is 0. The lowest BCUT2D eigenvalue weighted by Gasteiger charge is -2.35. The van der Waals surface area contributed by atoms with Crippen molar-refractivity contribution < 1.29 is 0 Å². The third-order valence-corrected chi connectivity index (χ3v) is 3.31. The van der Waals surface area contributed by atoms with Crippen molar-refractivity contribution in [2.75, 3.05) is 18.0 Å². The van der Waals surface area contributed by atoms with E-state index in [4.69, 9.17) is 11.0 Å². The van der Waals surface area contributed by atoms with Gasteiger partial charge in [0.05, 0.1) is 12.1 Å². The van der Waals surface area contributed by atoms with Crippen molar-refractivity contribution in [2.24, 2.45) is 11.7 Å². The highest BCUT2D eigenvalue weighted by molar-refractivity contribution is 5.55. The van der Waals surface area contributed by atoms with Gasteiger partial charge in [-0.3, -0.25) is 0 Å². The number of hydrogen-bond donors (Lipinski definition) is 1. The smallest absolute Gasteiger partial charge is 0.0944 e. The molecule has 3 heteroatoms. The van der Waals surface area contributed by atoms with Gasteiger partial charge in [-0.2, -0.15) is 5.26 Å². The highest BCUT2D eigenvalue weighted by atomic mass is 15.1. The molecule has 1 aliphatic rings. The van der Waals surface area contributed by atoms with E-state index in [-0.39, 0.29) is 6.04 Å². The zero-order valence-corrected chi connectivity index (χ0v) is 10.3. The first kappa shape index (κ1) is 11.9. The molecule has 90 valence electrons. The number of benzene rings is 1. The van der Waals surface area contributed by atoms with Crippen molar-refractivity contribution in [3.8, 4) is 6.07 Å². The van der Waals surface area contributed by atoms with Gasteiger partial charge in [0.15, 0.2) is 0 Å². The maximum absolute atomic E-state index is 8.72. The summed E-state index contributed by atoms with van der Waals surface area (Å²) in [6.07, 6.45) is 1.88. The summed E-state index contributed by atoms with van der Waals surface area (Å²) in [6, 6.07) is 10.3. The highest BCUT2D eigenvalue weighted by Crippen LogP contribution is 2.29. The zero-order chi connectivity index (χ0) is 12.3. The Morgan fingerprint density at radius 1 is 1.53 bits per heavy atom. The van der Waals surface area contributed by atoms with Crippen LogP contribution in [-0.2, 0) is 6.42 Å². The Bertz CT molecular complexity index is 422. The van der Waals surface area contributed by atoms with E-state index in [1.165, 1.54) is 11.3 Å². The van der Waals surface area contributed by atoms with E-state index in [2.05, 4.69) is 42.2 Å². The SMILES string of the molecule is CC1Cc2ccccc2N(CCC(N)C#N)C1. The average molecular weight is 229 g/mol. The Labute approximate surface area is 103 Å². The van der Waals surface area contributed by atoms with Crippen LogP contribution >= 0.6 is 0 Å². The van der Waals surface area contributed by atoms with Gasteiger partial charge in [0.25, 0.3) is 0 Å². The van der Waals surface area contributed by atoms with Crippen molar-refractivity contribution in [3.63, 3.8) is 0 Å². The number of rotatable bonds is 3. The Morgan fingerprint density at radius 2 is 2.29 bits per heavy atom. The first-order valence-electron chi connectivity index (χ1n) is 6.18. The van der Waals surface area contributed by atoms with Crippen LogP contribution in [0.3, 0.4) is 0 Å². The van der Waals surface area contributed by atoms with E-state index >= 15 is 0 Å². The molecule has 0 saturated carbocycles. The van der Waals surface area contributed by atoms with Crippen LogP contribution in [0.5, 0.6) is 0 Å². The minimum Gasteiger partial charge on any atom is -0.371 e. The molecular weight excluding hydrogens is 210 g/mol. The van der Waals surface area contributed by atoms with Crippen LogP contribution < -0.4 is 10.6 Å². The highest BCUT2D eigenvalue weighted by Gasteiger charge is 2.21. The lowest BCUT2D eigenvalue weighted by molar-refractivity contribution is 0.522. The second-order valence-corrected chi connectivity index (χ2v) is 4.91. The summed E-state index contributed by atoms with van der Waals surface area (Å²) in [4.78, 5) is 2.36. The van der Waals surface area contributed by atoms with Crippen molar-refractivity contribution in [1.29, 1.82) is 5.26 Å². The van der Waals surface area contributed by atoms with Crippen LogP contribution in [0.15, 0.2) is 24.3 Å². The van der Waals surface area contributed by atoms with E-state index in [0.717, 1.165) is 25.9 Å². The van der Waals surface area contributed by atoms with Gasteiger partial charge in [0.1, 0.15) is 0 Å². The van der Waals surface area contributed by atoms with E-state index < -0.39 is 0 Å². The summed E-state index contributed by atoms with van der Waals surface area (Å²) in [5, 5.41) is 8.72. The molecule has 2 unspecified atom stereocenters. The molecule has 2 N–H and O–H groups in total. The Kier molecular flexibility index (Phi) is 3.65. The van der Waals surface area contributed by atoms with Crippen LogP contribution in [0, 0.1) is 17.2 Å². The number of hydrogen-bond acceptors (Lipinski definition) is 3. The summed E-state index contributed by atoms with van der Waals surface area (Å²) < 4.78 is 0. The number of fused-ring (bicyclic) bond motifs is 1. The predicted molar refractivity (Wildman–Crippen MR) is 69.7 cm³/mol. The molecule has 1 heterocycles. The number of para-hydroxylation sites is 1. The molecule has 2 rings (SSSR count). The summed E-state index contributed by atoms with van der Waals surface area (Å²) in [7, 11) is 0. The van der Waals surface area contributed by atoms with Gasteiger partial charge in [-0.05, 0) is 30.4 Å². The summed E-state index contributed by atoms with van der Waals surface area (Å²) in [6.45, 7) is 4.21. The van der Waals surface area contributed by atoms with Crippen molar-refractivity contribution in [2.45, 2.75) is 25.8 Å². The van der Waals surface area contributed by atoms with Crippen LogP contribution in [-0.4, -0.2) is 19.1 Å². The topological polar surface area (TPSA) is 53.0 Å². The van der Waals surface area contributed by atoms with E-state index in [0.29, 0.717) is 5.92 Å². The Balaban J connectivity index is 2.10. The molecule has 0 bridgehead atoms. The zero-order valence-electron chi connectivity index (χ0n) is 10.3. The average Bonchev–Trinajstić information content (AvgIpc) is 2.35. The molecule has 0 saturated heterocycles. The monoisotopic (exact) mass is 229 g/mol. The maximum atomic E-state index is 8.72. The number of nitriles is 1. The van der Waals surface area contributed by atoms with Gasteiger partial charge in [0.2, 0.25) is 0 Å². The fourth-order valence-corrected chi connectivity index (χ4v) is 2.48. The van der Waals surface area contributed by atoms with Crippen molar-refractivity contribution in [3.05, 3.63) is 29.8 Å². The van der Waals surface area contributed by atoms with Gasteiger partial charge in [-0.25, -0.2) is 0 Å². The van der Waals surface area contributed by atoms with E-state index in [1.807, 2.05) is 0 Å². The molecule has 0 fully saturated rings. The minimum absolute atomic E-state index is 0.348. The molecule has 1 aliphatic heterocycles. The maximum Gasteiger partial charge on any atom is 0.0944 e. The van der Waals surface area contributed by atoms with Gasteiger partial charge >= 0.3 is 0 Å². The second kappa shape index (κ2) is 5.20. The van der Waals surface area contributed by atoms with Crippen LogP contribution in [0.4, 0.5) is 5.69 Å². The Hall–Kier alpha value is -1.53. The molecule has 0 aromatic heterocycles. The third kappa shape index (κ3) is 2.78. The number of anilines is 1. The van der Waals surface area contributed by atoms with Gasteiger partial charge < -0.3 is 10.6 Å². The normalized spacial score (nSPS) is 20.5. The molecule has 0 aliphatic carbocycles. The molecule has 17 heavy (non-hydrogen) atoms. The van der Waals surface area contributed by atoms with Crippen molar-refractivity contribution in [1.82, 2.24) is 0 Å². The molecule has 0 spiro atoms. The molecule has 3 nitrogen and oxygen atoms in total. The first-order chi connectivity index (χ1) is 8.20. The fraction of sp³-hybridized carbons (Fsp3) is 0.500. The lowest BCUT2D eigenvalue weighted by Crippen LogP contribution is -2.37. The summed E-state index contributed by atoms with van der Waals surface area (Å²) in [5.74, 6) is 0.670. The fourth-order valence-electron chi connectivity index (χ4n) is 2.48. The molecule has 0 amide bonds. The predicted octanol–water partition coefficient (Wildman–Crippen LogP) is 1.93. The lowest BCUT2D eigenvalue weighted by atomic mass is 9.93. The molecule has 2 atom stereocenters. The second-order valence-electron chi connectivity index (χ2n) is 4.91. The minimum atomic E-state index is -0.348.